The van der Waals surface area contributed by atoms with E-state index < -0.39 is 14.9 Å². The van der Waals surface area contributed by atoms with E-state index in [0.29, 0.717) is 11.3 Å². The molecule has 0 amide bonds. The summed E-state index contributed by atoms with van der Waals surface area (Å²) in [5, 5.41) is 3.73. The van der Waals surface area contributed by atoms with E-state index in [1.54, 1.807) is 6.92 Å². The molecule has 0 bridgehead atoms. The Labute approximate surface area is 102 Å². The highest BCUT2D eigenvalue weighted by Crippen LogP contribution is 2.21. The lowest BCUT2D eigenvalue weighted by molar-refractivity contribution is 0.599. The zero-order chi connectivity index (χ0) is 12.6. The van der Waals surface area contributed by atoms with Crippen molar-refractivity contribution in [3.8, 4) is 5.69 Å². The molecule has 7 heteroatoms. The molecule has 1 aromatic heterocycles. The summed E-state index contributed by atoms with van der Waals surface area (Å²) in [7, 11) is 1.39. The molecule has 0 aliphatic heterocycles. The largest absolute Gasteiger partial charge is 0.278 e. The SMILES string of the molecule is Cc1cc(F)ccc1-n1nccc1S(=O)(=O)Cl. The molecule has 0 fully saturated rings. The van der Waals surface area contributed by atoms with Crippen molar-refractivity contribution in [2.75, 3.05) is 0 Å². The molecule has 2 aromatic rings. The zero-order valence-corrected chi connectivity index (χ0v) is 10.3. The van der Waals surface area contributed by atoms with Crippen molar-refractivity contribution in [3.05, 3.63) is 41.8 Å². The van der Waals surface area contributed by atoms with Crippen molar-refractivity contribution < 1.29 is 12.8 Å². The maximum absolute atomic E-state index is 12.9. The Morgan fingerprint density at radius 2 is 2.06 bits per heavy atom. The van der Waals surface area contributed by atoms with Crippen molar-refractivity contribution in [1.29, 1.82) is 0 Å². The minimum absolute atomic E-state index is 0.145. The molecule has 0 N–H and O–H groups in total. The van der Waals surface area contributed by atoms with Crippen molar-refractivity contribution in [3.63, 3.8) is 0 Å². The summed E-state index contributed by atoms with van der Waals surface area (Å²) in [5.74, 6) is -0.395. The molecule has 17 heavy (non-hydrogen) atoms. The smallest absolute Gasteiger partial charge is 0.221 e. The van der Waals surface area contributed by atoms with E-state index in [1.807, 2.05) is 0 Å². The minimum Gasteiger partial charge on any atom is -0.221 e. The van der Waals surface area contributed by atoms with Crippen LogP contribution in [-0.4, -0.2) is 18.2 Å². The topological polar surface area (TPSA) is 52.0 Å². The van der Waals surface area contributed by atoms with Crippen LogP contribution in [0.1, 0.15) is 5.56 Å². The zero-order valence-electron chi connectivity index (χ0n) is 8.76. The molecular weight excluding hydrogens is 267 g/mol. The van der Waals surface area contributed by atoms with E-state index in [2.05, 4.69) is 5.10 Å². The monoisotopic (exact) mass is 274 g/mol. The summed E-state index contributed by atoms with van der Waals surface area (Å²) in [4.78, 5) is 0. The lowest BCUT2D eigenvalue weighted by Gasteiger charge is -2.08. The summed E-state index contributed by atoms with van der Waals surface area (Å²) in [6.07, 6.45) is 1.32. The van der Waals surface area contributed by atoms with Crippen LogP contribution >= 0.6 is 10.7 Å². The second kappa shape index (κ2) is 4.12. The van der Waals surface area contributed by atoms with E-state index >= 15 is 0 Å². The number of aryl methyl sites for hydroxylation is 1. The Hall–Kier alpha value is -1.40. The van der Waals surface area contributed by atoms with Crippen LogP contribution < -0.4 is 0 Å². The Balaban J connectivity index is 2.66. The van der Waals surface area contributed by atoms with Gasteiger partial charge >= 0.3 is 0 Å². The van der Waals surface area contributed by atoms with Gasteiger partial charge < -0.3 is 0 Å². The second-order valence-corrected chi connectivity index (χ2v) is 5.96. The lowest BCUT2D eigenvalue weighted by atomic mass is 10.2. The van der Waals surface area contributed by atoms with E-state index in [1.165, 1.54) is 30.5 Å². The van der Waals surface area contributed by atoms with Crippen molar-refractivity contribution in [1.82, 2.24) is 9.78 Å². The van der Waals surface area contributed by atoms with Crippen LogP contribution in [-0.2, 0) is 9.05 Å². The first-order valence-corrected chi connectivity index (χ1v) is 6.96. The van der Waals surface area contributed by atoms with Crippen molar-refractivity contribution >= 4 is 19.7 Å². The van der Waals surface area contributed by atoms with Gasteiger partial charge in [0.05, 0.1) is 11.9 Å². The maximum atomic E-state index is 12.9. The number of halogens is 2. The fourth-order valence-corrected chi connectivity index (χ4v) is 2.44. The van der Waals surface area contributed by atoms with Gasteiger partial charge in [-0.3, -0.25) is 0 Å². The fraction of sp³-hybridized carbons (Fsp3) is 0.100. The first-order chi connectivity index (χ1) is 7.89. The van der Waals surface area contributed by atoms with Crippen LogP contribution in [0.3, 0.4) is 0 Å². The molecule has 0 radical (unpaired) electrons. The van der Waals surface area contributed by atoms with Gasteiger partial charge in [0.25, 0.3) is 9.05 Å². The number of rotatable bonds is 2. The molecule has 1 heterocycles. The van der Waals surface area contributed by atoms with E-state index in [9.17, 15) is 12.8 Å². The molecule has 4 nitrogen and oxygen atoms in total. The van der Waals surface area contributed by atoms with E-state index in [0.717, 1.165) is 4.68 Å². The van der Waals surface area contributed by atoms with E-state index in [-0.39, 0.29) is 5.03 Å². The van der Waals surface area contributed by atoms with Gasteiger partial charge in [-0.15, -0.1) is 0 Å². The Morgan fingerprint density at radius 1 is 1.35 bits per heavy atom. The fourth-order valence-electron chi connectivity index (χ4n) is 1.51. The highest BCUT2D eigenvalue weighted by Gasteiger charge is 2.18. The van der Waals surface area contributed by atoms with Crippen LogP contribution in [0, 0.1) is 12.7 Å². The van der Waals surface area contributed by atoms with Crippen molar-refractivity contribution in [2.45, 2.75) is 11.9 Å². The number of hydrogen-bond acceptors (Lipinski definition) is 3. The van der Waals surface area contributed by atoms with Gasteiger partial charge in [0.1, 0.15) is 5.82 Å². The molecule has 0 aliphatic rings. The molecular formula is C10H8ClFN2O2S. The Bertz CT molecular complexity index is 667. The predicted octanol–water partition coefficient (Wildman–Crippen LogP) is 2.25. The van der Waals surface area contributed by atoms with Crippen LogP contribution in [0.5, 0.6) is 0 Å². The summed E-state index contributed by atoms with van der Waals surface area (Å²) in [5.41, 5.74) is 1.03. The van der Waals surface area contributed by atoms with Crippen LogP contribution in [0.15, 0.2) is 35.5 Å². The van der Waals surface area contributed by atoms with Crippen LogP contribution in [0.25, 0.3) is 5.69 Å². The molecule has 0 atom stereocenters. The molecule has 2 rings (SSSR count). The Kier molecular flexibility index (Phi) is 2.92. The molecule has 0 saturated carbocycles. The third kappa shape index (κ3) is 2.32. The van der Waals surface area contributed by atoms with Gasteiger partial charge in [0.2, 0.25) is 0 Å². The van der Waals surface area contributed by atoms with Crippen LogP contribution in [0.2, 0.25) is 0 Å². The summed E-state index contributed by atoms with van der Waals surface area (Å²) >= 11 is 0. The summed E-state index contributed by atoms with van der Waals surface area (Å²) < 4.78 is 36.7. The molecule has 0 unspecified atom stereocenters. The average molecular weight is 275 g/mol. The number of aromatic nitrogens is 2. The molecule has 90 valence electrons. The molecule has 0 aliphatic carbocycles. The highest BCUT2D eigenvalue weighted by molar-refractivity contribution is 8.13. The van der Waals surface area contributed by atoms with E-state index in [4.69, 9.17) is 10.7 Å². The summed E-state index contributed by atoms with van der Waals surface area (Å²) in [6, 6.07) is 5.25. The number of nitrogens with zero attached hydrogens (tertiary/aromatic N) is 2. The summed E-state index contributed by atoms with van der Waals surface area (Å²) in [6.45, 7) is 1.66. The number of benzene rings is 1. The minimum atomic E-state index is -3.89. The highest BCUT2D eigenvalue weighted by atomic mass is 35.7. The van der Waals surface area contributed by atoms with Crippen molar-refractivity contribution in [2.24, 2.45) is 0 Å². The average Bonchev–Trinajstić information content (AvgIpc) is 2.65. The quantitative estimate of drug-likeness (QED) is 0.789. The van der Waals surface area contributed by atoms with Gasteiger partial charge in [0.15, 0.2) is 5.03 Å². The van der Waals surface area contributed by atoms with Gasteiger partial charge in [0, 0.05) is 10.7 Å². The normalized spacial score (nSPS) is 11.7. The first-order valence-electron chi connectivity index (χ1n) is 4.65. The Morgan fingerprint density at radius 3 is 2.65 bits per heavy atom. The maximum Gasteiger partial charge on any atom is 0.278 e. The number of hydrogen-bond donors (Lipinski definition) is 0. The molecule has 0 spiro atoms. The van der Waals surface area contributed by atoms with Gasteiger partial charge in [-0.05, 0) is 36.8 Å². The second-order valence-electron chi connectivity index (χ2n) is 3.45. The first kappa shape index (κ1) is 12.1. The lowest BCUT2D eigenvalue weighted by Crippen LogP contribution is -2.06. The third-order valence-corrected chi connectivity index (χ3v) is 3.53. The third-order valence-electron chi connectivity index (χ3n) is 2.24. The standard InChI is InChI=1S/C10H8ClFN2O2S/c1-7-6-8(12)2-3-9(7)14-10(4-5-13-14)17(11,15)16/h2-6H,1H3. The van der Waals surface area contributed by atoms with Gasteiger partial charge in [-0.1, -0.05) is 0 Å². The van der Waals surface area contributed by atoms with Gasteiger partial charge in [-0.25, -0.2) is 17.5 Å². The van der Waals surface area contributed by atoms with Crippen LogP contribution in [0.4, 0.5) is 4.39 Å². The molecule has 0 saturated heterocycles. The predicted molar refractivity (Wildman–Crippen MR) is 61.3 cm³/mol. The van der Waals surface area contributed by atoms with Gasteiger partial charge in [-0.2, -0.15) is 5.10 Å². The molecule has 1 aromatic carbocycles.